The van der Waals surface area contributed by atoms with E-state index in [9.17, 15) is 13.2 Å². The third kappa shape index (κ3) is 2.03. The molecule has 0 saturated carbocycles. The summed E-state index contributed by atoms with van der Waals surface area (Å²) in [5.41, 5.74) is 0.519. The second-order valence-electron chi connectivity index (χ2n) is 3.70. The van der Waals surface area contributed by atoms with Gasteiger partial charge in [0.05, 0.1) is 12.3 Å². The number of ether oxygens (including phenoxy) is 1. The van der Waals surface area contributed by atoms with Gasteiger partial charge in [-0.2, -0.15) is 8.42 Å². The van der Waals surface area contributed by atoms with Crippen LogP contribution in [0.3, 0.4) is 0 Å². The monoisotopic (exact) mass is 276 g/mol. The predicted octanol–water partition coefficient (Wildman–Crippen LogP) is 1.50. The van der Waals surface area contributed by atoms with Gasteiger partial charge in [-0.15, -0.1) is 0 Å². The minimum atomic E-state index is -4.71. The summed E-state index contributed by atoms with van der Waals surface area (Å²) in [6.07, 6.45) is -0.187. The number of esters is 1. The third-order valence-corrected chi connectivity index (χ3v) is 4.59. The van der Waals surface area contributed by atoms with E-state index in [0.717, 1.165) is 0 Å². The molecule has 1 aliphatic heterocycles. The minimum absolute atomic E-state index is 0.187. The smallest absolute Gasteiger partial charge is 0.322 e. The molecule has 1 fully saturated rings. The lowest BCUT2D eigenvalue weighted by atomic mass is 9.98. The number of cyclic esters (lactones) is 1. The molecule has 1 saturated heterocycles. The molecule has 2 unspecified atom stereocenters. The molecule has 0 aromatic heterocycles. The Labute approximate surface area is 103 Å². The van der Waals surface area contributed by atoms with Crippen molar-refractivity contribution in [2.75, 3.05) is 0 Å². The number of carbonyl (C=O) groups is 1. The average molecular weight is 277 g/mol. The molecule has 0 spiro atoms. The van der Waals surface area contributed by atoms with Crippen molar-refractivity contribution in [2.24, 2.45) is 0 Å². The Morgan fingerprint density at radius 3 is 2.47 bits per heavy atom. The molecule has 0 amide bonds. The number of halogens is 1. The lowest BCUT2D eigenvalue weighted by Gasteiger charge is -2.23. The molecule has 2 atom stereocenters. The normalized spacial score (nSPS) is 29.1. The van der Waals surface area contributed by atoms with Crippen molar-refractivity contribution in [2.45, 2.75) is 16.7 Å². The van der Waals surface area contributed by atoms with Crippen LogP contribution in [0.4, 0.5) is 0 Å². The van der Waals surface area contributed by atoms with Crippen LogP contribution in [0.25, 0.3) is 0 Å². The van der Waals surface area contributed by atoms with Gasteiger partial charge >= 0.3 is 20.5 Å². The zero-order valence-electron chi connectivity index (χ0n) is 8.54. The van der Waals surface area contributed by atoms with Crippen LogP contribution in [-0.2, 0) is 19.6 Å². The Bertz CT molecular complexity index is 541. The SMILES string of the molecule is O=C1CC(c2ccccc2)C(Cl)(S(=O)(=O)O)O1. The van der Waals surface area contributed by atoms with Gasteiger partial charge in [-0.05, 0) is 5.56 Å². The summed E-state index contributed by atoms with van der Waals surface area (Å²) in [6.45, 7) is 0. The summed E-state index contributed by atoms with van der Waals surface area (Å²) in [4.78, 5) is 11.2. The Morgan fingerprint density at radius 1 is 1.35 bits per heavy atom. The van der Waals surface area contributed by atoms with Crippen molar-refractivity contribution >= 4 is 27.7 Å². The van der Waals surface area contributed by atoms with E-state index in [1.807, 2.05) is 0 Å². The highest BCUT2D eigenvalue weighted by Crippen LogP contribution is 2.46. The molecule has 1 N–H and O–H groups in total. The first kappa shape index (κ1) is 12.3. The zero-order valence-corrected chi connectivity index (χ0v) is 10.1. The molecule has 92 valence electrons. The highest BCUT2D eigenvalue weighted by Gasteiger charge is 2.58. The summed E-state index contributed by atoms with van der Waals surface area (Å²) in [6, 6.07) is 8.34. The summed E-state index contributed by atoms with van der Waals surface area (Å²) >= 11 is 5.76. The number of alkyl halides is 1. The van der Waals surface area contributed by atoms with E-state index in [4.69, 9.17) is 16.2 Å². The summed E-state index contributed by atoms with van der Waals surface area (Å²) in [5.74, 6) is -1.68. The Morgan fingerprint density at radius 2 is 1.94 bits per heavy atom. The van der Waals surface area contributed by atoms with Crippen molar-refractivity contribution in [3.8, 4) is 0 Å². The van der Waals surface area contributed by atoms with Crippen molar-refractivity contribution in [3.05, 3.63) is 35.9 Å². The van der Waals surface area contributed by atoms with Gasteiger partial charge in [-0.25, -0.2) is 0 Å². The highest BCUT2D eigenvalue weighted by atomic mass is 35.5. The summed E-state index contributed by atoms with van der Waals surface area (Å²) < 4.78 is 33.7. The number of benzene rings is 1. The topological polar surface area (TPSA) is 80.7 Å². The second-order valence-corrected chi connectivity index (χ2v) is 6.04. The molecule has 5 nitrogen and oxygen atoms in total. The molecule has 7 heteroatoms. The van der Waals surface area contributed by atoms with Gasteiger partial charge in [-0.1, -0.05) is 41.9 Å². The molecule has 2 rings (SSSR count). The van der Waals surface area contributed by atoms with E-state index in [1.54, 1.807) is 30.3 Å². The average Bonchev–Trinajstić information content (AvgIpc) is 2.56. The van der Waals surface area contributed by atoms with Crippen LogP contribution >= 0.6 is 11.6 Å². The molecule has 1 aliphatic rings. The van der Waals surface area contributed by atoms with Crippen molar-refractivity contribution in [3.63, 3.8) is 0 Å². The molecular formula is C10H9ClO5S. The van der Waals surface area contributed by atoms with E-state index in [0.29, 0.717) is 5.56 Å². The van der Waals surface area contributed by atoms with Crippen LogP contribution in [0.2, 0.25) is 0 Å². The highest BCUT2D eigenvalue weighted by molar-refractivity contribution is 7.88. The molecule has 1 aromatic carbocycles. The Kier molecular flexibility index (Phi) is 2.89. The van der Waals surface area contributed by atoms with Crippen molar-refractivity contribution in [1.29, 1.82) is 0 Å². The summed E-state index contributed by atoms with van der Waals surface area (Å²) in [7, 11) is -4.71. The first-order valence-electron chi connectivity index (χ1n) is 4.77. The fraction of sp³-hybridized carbons (Fsp3) is 0.300. The molecule has 0 bridgehead atoms. The van der Waals surface area contributed by atoms with Gasteiger partial charge in [-0.3, -0.25) is 9.35 Å². The van der Waals surface area contributed by atoms with Gasteiger partial charge in [0, 0.05) is 0 Å². The van der Waals surface area contributed by atoms with E-state index >= 15 is 0 Å². The molecule has 0 radical (unpaired) electrons. The zero-order chi connectivity index (χ0) is 12.7. The first-order chi connectivity index (χ1) is 7.84. The Hall–Kier alpha value is -1.11. The van der Waals surface area contributed by atoms with Crippen LogP contribution in [-0.4, -0.2) is 23.3 Å². The molecule has 1 aromatic rings. The first-order valence-corrected chi connectivity index (χ1v) is 6.59. The van der Waals surface area contributed by atoms with E-state index in [1.165, 1.54) is 0 Å². The van der Waals surface area contributed by atoms with Gasteiger partial charge in [0.2, 0.25) is 0 Å². The van der Waals surface area contributed by atoms with Gasteiger partial charge in [0.25, 0.3) is 0 Å². The van der Waals surface area contributed by atoms with Crippen LogP contribution in [0.15, 0.2) is 30.3 Å². The maximum Gasteiger partial charge on any atom is 0.322 e. The number of carbonyl (C=O) groups excluding carboxylic acids is 1. The largest absolute Gasteiger partial charge is 0.425 e. The minimum Gasteiger partial charge on any atom is -0.425 e. The lowest BCUT2D eigenvalue weighted by Crippen LogP contribution is -2.36. The van der Waals surface area contributed by atoms with E-state index in [2.05, 4.69) is 4.74 Å². The molecule has 0 aliphatic carbocycles. The maximum atomic E-state index is 11.2. The van der Waals surface area contributed by atoms with E-state index < -0.39 is 26.4 Å². The predicted molar refractivity (Wildman–Crippen MR) is 60.0 cm³/mol. The van der Waals surface area contributed by atoms with Crippen LogP contribution < -0.4 is 0 Å². The summed E-state index contributed by atoms with van der Waals surface area (Å²) in [5, 5.41) is 0. The number of rotatable bonds is 2. The second kappa shape index (κ2) is 3.97. The Balaban J connectivity index is 2.50. The van der Waals surface area contributed by atoms with Gasteiger partial charge in [0.1, 0.15) is 0 Å². The quantitative estimate of drug-likeness (QED) is 0.503. The number of hydrogen-bond donors (Lipinski definition) is 1. The maximum absolute atomic E-state index is 11.2. The molecule has 17 heavy (non-hydrogen) atoms. The fourth-order valence-electron chi connectivity index (χ4n) is 1.79. The fourth-order valence-corrected chi connectivity index (χ4v) is 2.86. The lowest BCUT2D eigenvalue weighted by molar-refractivity contribution is -0.140. The molecule has 1 heterocycles. The standard InChI is InChI=1S/C10H9ClO5S/c11-10(17(13,14)15)8(6-9(12)16-10)7-4-2-1-3-5-7/h1-5,8H,6H2,(H,13,14,15). The van der Waals surface area contributed by atoms with E-state index in [-0.39, 0.29) is 6.42 Å². The van der Waals surface area contributed by atoms with Crippen LogP contribution in [0, 0.1) is 0 Å². The van der Waals surface area contributed by atoms with Crippen molar-refractivity contribution < 1.29 is 22.5 Å². The number of hydrogen-bond acceptors (Lipinski definition) is 4. The van der Waals surface area contributed by atoms with Crippen LogP contribution in [0.5, 0.6) is 0 Å². The third-order valence-electron chi connectivity index (χ3n) is 2.59. The van der Waals surface area contributed by atoms with Gasteiger partial charge in [0.15, 0.2) is 0 Å². The van der Waals surface area contributed by atoms with Crippen LogP contribution in [0.1, 0.15) is 17.9 Å². The van der Waals surface area contributed by atoms with Gasteiger partial charge < -0.3 is 4.74 Å². The van der Waals surface area contributed by atoms with Crippen molar-refractivity contribution in [1.82, 2.24) is 0 Å². The molecular weight excluding hydrogens is 268 g/mol.